The molecule has 3 rings (SSSR count). The summed E-state index contributed by atoms with van der Waals surface area (Å²) in [4.78, 5) is 20.0. The Balaban J connectivity index is 1.66. The molecule has 0 saturated heterocycles. The maximum atomic E-state index is 11.7. The molecule has 0 aromatic carbocycles. The number of furan rings is 1. The van der Waals surface area contributed by atoms with Crippen LogP contribution in [0, 0.1) is 0 Å². The van der Waals surface area contributed by atoms with Crippen LogP contribution in [0.1, 0.15) is 23.1 Å². The molecule has 1 amide bonds. The first-order valence-electron chi connectivity index (χ1n) is 8.07. The highest BCUT2D eigenvalue weighted by molar-refractivity contribution is 5.76. The molecule has 0 spiro atoms. The van der Waals surface area contributed by atoms with Gasteiger partial charge in [0.1, 0.15) is 12.4 Å². The lowest BCUT2D eigenvalue weighted by atomic mass is 9.99. The number of hydrogen-bond acceptors (Lipinski definition) is 5. The Morgan fingerprint density at radius 3 is 3.04 bits per heavy atom. The van der Waals surface area contributed by atoms with E-state index in [0.717, 1.165) is 31.1 Å². The van der Waals surface area contributed by atoms with Crippen molar-refractivity contribution in [1.82, 2.24) is 19.4 Å². The van der Waals surface area contributed by atoms with Gasteiger partial charge in [-0.3, -0.25) is 9.69 Å². The van der Waals surface area contributed by atoms with Crippen molar-refractivity contribution in [2.24, 2.45) is 7.05 Å². The maximum Gasteiger partial charge on any atom is 0.248 e. The molecule has 24 heavy (non-hydrogen) atoms. The van der Waals surface area contributed by atoms with Crippen molar-refractivity contribution >= 4 is 5.91 Å². The third-order valence-corrected chi connectivity index (χ3v) is 4.30. The van der Waals surface area contributed by atoms with Crippen molar-refractivity contribution in [3.63, 3.8) is 0 Å². The van der Waals surface area contributed by atoms with Crippen molar-refractivity contribution in [2.75, 3.05) is 33.9 Å². The number of hydrogen-bond donors (Lipinski definition) is 0. The lowest BCUT2D eigenvalue weighted by molar-refractivity contribution is -0.133. The predicted molar refractivity (Wildman–Crippen MR) is 88.3 cm³/mol. The molecule has 7 nitrogen and oxygen atoms in total. The summed E-state index contributed by atoms with van der Waals surface area (Å²) in [5.74, 6) is 1.10. The third kappa shape index (κ3) is 3.68. The number of imidazole rings is 1. The number of amides is 1. The molecule has 3 heterocycles. The standard InChI is InChI=1S/C17H24N4O3/c1-19(2)16(22)11-23-10-13-7-21(8-14-5-4-6-24-14)9-15-17(13)20(3)12-18-15/h4-6,12-13H,7-11H2,1-3H3. The summed E-state index contributed by atoms with van der Waals surface area (Å²) in [6.07, 6.45) is 3.54. The van der Waals surface area contributed by atoms with Crippen LogP contribution in [0.3, 0.4) is 0 Å². The minimum atomic E-state index is -0.0246. The first-order chi connectivity index (χ1) is 11.5. The lowest BCUT2D eigenvalue weighted by Crippen LogP contribution is -2.36. The molecule has 1 aliphatic rings. The zero-order valence-corrected chi connectivity index (χ0v) is 14.4. The highest BCUT2D eigenvalue weighted by Gasteiger charge is 2.29. The number of ether oxygens (including phenoxy) is 1. The SMILES string of the molecule is CN(C)C(=O)COCC1CN(Cc2ccco2)Cc2ncn(C)c21. The van der Waals surface area contributed by atoms with E-state index in [2.05, 4.69) is 14.5 Å². The van der Waals surface area contributed by atoms with Crippen molar-refractivity contribution in [2.45, 2.75) is 19.0 Å². The van der Waals surface area contributed by atoms with Gasteiger partial charge in [0.2, 0.25) is 5.91 Å². The molecule has 0 bridgehead atoms. The fourth-order valence-electron chi connectivity index (χ4n) is 3.10. The first-order valence-corrected chi connectivity index (χ1v) is 8.07. The minimum absolute atomic E-state index is 0.0246. The summed E-state index contributed by atoms with van der Waals surface area (Å²) in [6.45, 7) is 3.00. The van der Waals surface area contributed by atoms with E-state index in [-0.39, 0.29) is 18.4 Å². The van der Waals surface area contributed by atoms with E-state index in [1.54, 1.807) is 25.3 Å². The molecular weight excluding hydrogens is 308 g/mol. The molecule has 0 saturated carbocycles. The summed E-state index contributed by atoms with van der Waals surface area (Å²) in [6, 6.07) is 3.88. The zero-order chi connectivity index (χ0) is 17.1. The van der Waals surface area contributed by atoms with Crippen LogP contribution in [-0.4, -0.2) is 59.1 Å². The molecule has 0 N–H and O–H groups in total. The molecule has 0 fully saturated rings. The Hall–Kier alpha value is -2.12. The number of carbonyl (C=O) groups is 1. The molecular formula is C17H24N4O3. The third-order valence-electron chi connectivity index (χ3n) is 4.30. The van der Waals surface area contributed by atoms with Crippen LogP contribution in [0.5, 0.6) is 0 Å². The minimum Gasteiger partial charge on any atom is -0.468 e. The Labute approximate surface area is 141 Å². The van der Waals surface area contributed by atoms with Crippen molar-refractivity contribution in [3.8, 4) is 0 Å². The number of aryl methyl sites for hydroxylation is 1. The summed E-state index contributed by atoms with van der Waals surface area (Å²) < 4.78 is 13.2. The van der Waals surface area contributed by atoms with Crippen LogP contribution in [0.15, 0.2) is 29.1 Å². The quantitative estimate of drug-likeness (QED) is 0.796. The van der Waals surface area contributed by atoms with Crippen LogP contribution >= 0.6 is 0 Å². The van der Waals surface area contributed by atoms with Gasteiger partial charge in [0.05, 0.1) is 31.4 Å². The van der Waals surface area contributed by atoms with E-state index in [1.165, 1.54) is 5.69 Å². The van der Waals surface area contributed by atoms with E-state index >= 15 is 0 Å². The summed E-state index contributed by atoms with van der Waals surface area (Å²) in [5, 5.41) is 0. The second kappa shape index (κ2) is 7.19. The number of likely N-dealkylation sites (N-methyl/N-ethyl adjacent to an activating group) is 1. The van der Waals surface area contributed by atoms with Gasteiger partial charge in [0.25, 0.3) is 0 Å². The molecule has 0 radical (unpaired) electrons. The van der Waals surface area contributed by atoms with Gasteiger partial charge >= 0.3 is 0 Å². The van der Waals surface area contributed by atoms with Crippen LogP contribution in [0.2, 0.25) is 0 Å². The van der Waals surface area contributed by atoms with Crippen LogP contribution in [-0.2, 0) is 29.7 Å². The van der Waals surface area contributed by atoms with E-state index < -0.39 is 0 Å². The Morgan fingerprint density at radius 1 is 1.50 bits per heavy atom. The van der Waals surface area contributed by atoms with Gasteiger partial charge < -0.3 is 18.6 Å². The molecule has 2 aromatic rings. The Morgan fingerprint density at radius 2 is 2.33 bits per heavy atom. The van der Waals surface area contributed by atoms with E-state index in [1.807, 2.05) is 25.5 Å². The largest absolute Gasteiger partial charge is 0.468 e. The van der Waals surface area contributed by atoms with E-state index in [4.69, 9.17) is 9.15 Å². The van der Waals surface area contributed by atoms with E-state index in [0.29, 0.717) is 6.61 Å². The molecule has 0 aliphatic carbocycles. The average molecular weight is 332 g/mol. The second-order valence-corrected chi connectivity index (χ2v) is 6.44. The van der Waals surface area contributed by atoms with Crippen LogP contribution in [0.25, 0.3) is 0 Å². The number of fused-ring (bicyclic) bond motifs is 1. The van der Waals surface area contributed by atoms with Gasteiger partial charge in [-0.05, 0) is 12.1 Å². The van der Waals surface area contributed by atoms with Gasteiger partial charge in [-0.25, -0.2) is 4.98 Å². The fourth-order valence-corrected chi connectivity index (χ4v) is 3.10. The van der Waals surface area contributed by atoms with Crippen LogP contribution in [0.4, 0.5) is 0 Å². The fraction of sp³-hybridized carbons (Fsp3) is 0.529. The highest BCUT2D eigenvalue weighted by atomic mass is 16.5. The highest BCUT2D eigenvalue weighted by Crippen LogP contribution is 2.28. The average Bonchev–Trinajstić information content (AvgIpc) is 3.17. The van der Waals surface area contributed by atoms with Crippen LogP contribution < -0.4 is 0 Å². The molecule has 130 valence electrons. The number of carbonyl (C=O) groups excluding carboxylic acids is 1. The van der Waals surface area contributed by atoms with Gasteiger partial charge in [-0.15, -0.1) is 0 Å². The number of rotatable bonds is 6. The predicted octanol–water partition coefficient (Wildman–Crippen LogP) is 1.22. The summed E-state index contributed by atoms with van der Waals surface area (Å²) >= 11 is 0. The second-order valence-electron chi connectivity index (χ2n) is 6.44. The summed E-state index contributed by atoms with van der Waals surface area (Å²) in [5.41, 5.74) is 2.27. The van der Waals surface area contributed by atoms with Crippen molar-refractivity contribution in [3.05, 3.63) is 41.9 Å². The Bertz CT molecular complexity index is 678. The van der Waals surface area contributed by atoms with Gasteiger partial charge in [0, 0.05) is 45.8 Å². The number of nitrogens with zero attached hydrogens (tertiary/aromatic N) is 4. The van der Waals surface area contributed by atoms with Gasteiger partial charge in [-0.1, -0.05) is 0 Å². The van der Waals surface area contributed by atoms with Crippen molar-refractivity contribution < 1.29 is 13.9 Å². The smallest absolute Gasteiger partial charge is 0.248 e. The zero-order valence-electron chi connectivity index (χ0n) is 14.4. The normalized spacial score (nSPS) is 17.7. The molecule has 1 aliphatic heterocycles. The van der Waals surface area contributed by atoms with E-state index in [9.17, 15) is 4.79 Å². The van der Waals surface area contributed by atoms with Crippen molar-refractivity contribution in [1.29, 1.82) is 0 Å². The molecule has 2 aromatic heterocycles. The first kappa shape index (κ1) is 16.7. The topological polar surface area (TPSA) is 63.7 Å². The molecule has 7 heteroatoms. The lowest BCUT2D eigenvalue weighted by Gasteiger charge is -2.32. The molecule has 1 unspecified atom stereocenters. The maximum absolute atomic E-state index is 11.7. The molecule has 1 atom stereocenters. The summed E-state index contributed by atoms with van der Waals surface area (Å²) in [7, 11) is 5.47. The van der Waals surface area contributed by atoms with Gasteiger partial charge in [-0.2, -0.15) is 0 Å². The Kier molecular flexibility index (Phi) is 5.01. The number of aromatic nitrogens is 2. The monoisotopic (exact) mass is 332 g/mol. The van der Waals surface area contributed by atoms with Gasteiger partial charge in [0.15, 0.2) is 0 Å².